The molecule has 1 aliphatic rings. The summed E-state index contributed by atoms with van der Waals surface area (Å²) in [5.41, 5.74) is 1.39. The Bertz CT molecular complexity index is 1030. The number of aromatic nitrogens is 1. The van der Waals surface area contributed by atoms with Gasteiger partial charge >= 0.3 is 0 Å². The molecule has 0 unspecified atom stereocenters. The number of nitrogens with one attached hydrogen (secondary N) is 1. The van der Waals surface area contributed by atoms with Gasteiger partial charge in [-0.3, -0.25) is 14.5 Å². The van der Waals surface area contributed by atoms with E-state index in [9.17, 15) is 9.59 Å². The van der Waals surface area contributed by atoms with Crippen LogP contribution in [0.25, 0.3) is 10.2 Å². The van der Waals surface area contributed by atoms with Gasteiger partial charge in [-0.2, -0.15) is 0 Å². The van der Waals surface area contributed by atoms with E-state index < -0.39 is 0 Å². The van der Waals surface area contributed by atoms with Crippen molar-refractivity contribution in [2.75, 3.05) is 30.0 Å². The van der Waals surface area contributed by atoms with Gasteiger partial charge in [-0.15, -0.1) is 0 Å². The van der Waals surface area contributed by atoms with E-state index in [0.29, 0.717) is 29.8 Å². The van der Waals surface area contributed by atoms with E-state index in [1.54, 1.807) is 12.1 Å². The summed E-state index contributed by atoms with van der Waals surface area (Å²) in [5, 5.41) is 3.28. The molecule has 28 heavy (non-hydrogen) atoms. The Morgan fingerprint density at radius 2 is 2.18 bits per heavy atom. The second kappa shape index (κ2) is 7.85. The molecule has 0 fully saturated rings. The first kappa shape index (κ1) is 18.2. The monoisotopic (exact) mass is 397 g/mol. The molecule has 0 aliphatic carbocycles. The lowest BCUT2D eigenvalue weighted by molar-refractivity contribution is -0.121. The number of fused-ring (bicyclic) bond motifs is 2. The molecule has 0 spiro atoms. The number of carbonyl (C=O) groups excluding carboxylic acids is 2. The van der Waals surface area contributed by atoms with Gasteiger partial charge < -0.3 is 14.8 Å². The molecule has 0 radical (unpaired) electrons. The number of benzene rings is 2. The van der Waals surface area contributed by atoms with Crippen molar-refractivity contribution in [2.24, 2.45) is 0 Å². The van der Waals surface area contributed by atoms with Crippen LogP contribution in [-0.4, -0.2) is 36.6 Å². The lowest BCUT2D eigenvalue weighted by atomic mass is 10.2. The van der Waals surface area contributed by atoms with Gasteiger partial charge in [-0.1, -0.05) is 23.5 Å². The van der Waals surface area contributed by atoms with Crippen molar-refractivity contribution in [3.8, 4) is 11.5 Å². The zero-order valence-corrected chi connectivity index (χ0v) is 16.1. The number of ether oxygens (including phenoxy) is 2. The Morgan fingerprint density at radius 3 is 3.04 bits per heavy atom. The van der Waals surface area contributed by atoms with Crippen LogP contribution in [0.4, 0.5) is 10.8 Å². The molecule has 0 saturated heterocycles. The van der Waals surface area contributed by atoms with Crippen LogP contribution in [-0.2, 0) is 9.59 Å². The summed E-state index contributed by atoms with van der Waals surface area (Å²) in [6.07, 6.45) is 0.225. The fourth-order valence-electron chi connectivity index (χ4n) is 3.01. The Balaban J connectivity index is 1.51. The zero-order chi connectivity index (χ0) is 19.5. The molecule has 4 rings (SSSR count). The van der Waals surface area contributed by atoms with Gasteiger partial charge in [0.2, 0.25) is 11.8 Å². The lowest BCUT2D eigenvalue weighted by Gasteiger charge is -2.20. The van der Waals surface area contributed by atoms with Crippen molar-refractivity contribution in [1.29, 1.82) is 0 Å². The summed E-state index contributed by atoms with van der Waals surface area (Å²) in [6.45, 7) is 2.71. The highest BCUT2D eigenvalue weighted by Crippen LogP contribution is 2.32. The molecule has 2 amide bonds. The number of rotatable bonds is 5. The van der Waals surface area contributed by atoms with Crippen LogP contribution in [0, 0.1) is 0 Å². The van der Waals surface area contributed by atoms with Crippen molar-refractivity contribution in [2.45, 2.75) is 13.3 Å². The normalized spacial score (nSPS) is 13.6. The highest BCUT2D eigenvalue weighted by Gasteiger charge is 2.25. The third-order valence-corrected chi connectivity index (χ3v) is 5.18. The molecule has 1 aliphatic heterocycles. The van der Waals surface area contributed by atoms with Crippen LogP contribution < -0.4 is 19.7 Å². The highest BCUT2D eigenvalue weighted by atomic mass is 32.1. The maximum absolute atomic E-state index is 12.6. The molecule has 3 aromatic rings. The Hall–Kier alpha value is -3.13. The Morgan fingerprint density at radius 1 is 1.32 bits per heavy atom. The first-order valence-corrected chi connectivity index (χ1v) is 9.81. The van der Waals surface area contributed by atoms with Gasteiger partial charge in [0.25, 0.3) is 0 Å². The number of thiazole rings is 1. The van der Waals surface area contributed by atoms with Gasteiger partial charge in [0, 0.05) is 0 Å². The van der Waals surface area contributed by atoms with E-state index >= 15 is 0 Å². The smallest absolute Gasteiger partial charge is 0.246 e. The van der Waals surface area contributed by atoms with Crippen molar-refractivity contribution in [1.82, 2.24) is 4.98 Å². The minimum absolute atomic E-state index is 0.0979. The molecule has 7 nitrogen and oxygen atoms in total. The number of anilines is 2. The fraction of sp³-hybridized carbons (Fsp3) is 0.250. The second-order valence-electron chi connectivity index (χ2n) is 6.18. The van der Waals surface area contributed by atoms with Crippen LogP contribution in [0.2, 0.25) is 0 Å². The summed E-state index contributed by atoms with van der Waals surface area (Å²) in [5.74, 6) is 0.910. The van der Waals surface area contributed by atoms with E-state index in [0.717, 1.165) is 16.0 Å². The topological polar surface area (TPSA) is 80.8 Å². The van der Waals surface area contributed by atoms with Crippen molar-refractivity contribution >= 4 is 44.2 Å². The standard InChI is InChI=1S/C20H19N3O4S/c1-2-26-13-7-8-14-17(11-13)28-20(21-14)22-18(24)12-23-15-5-3-4-6-16(15)27-10-9-19(23)25/h3-8,11H,2,9-10,12H2,1H3,(H,21,22,24). The van der Waals surface area contributed by atoms with Gasteiger partial charge in [-0.05, 0) is 37.3 Å². The van der Waals surface area contributed by atoms with Gasteiger partial charge in [0.1, 0.15) is 18.0 Å². The number of amides is 2. The van der Waals surface area contributed by atoms with Gasteiger partial charge in [0.15, 0.2) is 5.13 Å². The zero-order valence-electron chi connectivity index (χ0n) is 15.3. The molecule has 2 heterocycles. The van der Waals surface area contributed by atoms with E-state index in [2.05, 4.69) is 10.3 Å². The van der Waals surface area contributed by atoms with Gasteiger partial charge in [0.05, 0.1) is 35.5 Å². The highest BCUT2D eigenvalue weighted by molar-refractivity contribution is 7.22. The summed E-state index contributed by atoms with van der Waals surface area (Å²) < 4.78 is 12.0. The van der Waals surface area contributed by atoms with E-state index in [1.807, 2.05) is 37.3 Å². The first-order chi connectivity index (χ1) is 13.6. The predicted octanol–water partition coefficient (Wildman–Crippen LogP) is 3.45. The molecular weight excluding hydrogens is 378 g/mol. The predicted molar refractivity (Wildman–Crippen MR) is 108 cm³/mol. The van der Waals surface area contributed by atoms with Crippen LogP contribution in [0.15, 0.2) is 42.5 Å². The summed E-state index contributed by atoms with van der Waals surface area (Å²) >= 11 is 1.37. The van der Waals surface area contributed by atoms with Crippen molar-refractivity contribution in [3.05, 3.63) is 42.5 Å². The quantitative estimate of drug-likeness (QED) is 0.713. The number of carbonyl (C=O) groups is 2. The molecular formula is C20H19N3O4S. The maximum atomic E-state index is 12.6. The lowest BCUT2D eigenvalue weighted by Crippen LogP contribution is -2.37. The average molecular weight is 397 g/mol. The molecule has 0 bridgehead atoms. The molecule has 0 atom stereocenters. The first-order valence-electron chi connectivity index (χ1n) is 8.99. The number of hydrogen-bond donors (Lipinski definition) is 1. The molecule has 8 heteroatoms. The van der Waals surface area contributed by atoms with E-state index in [4.69, 9.17) is 9.47 Å². The SMILES string of the molecule is CCOc1ccc2nc(NC(=O)CN3C(=O)CCOc4ccccc43)sc2c1. The summed E-state index contributed by atoms with van der Waals surface area (Å²) in [4.78, 5) is 30.9. The largest absolute Gasteiger partial charge is 0.494 e. The van der Waals surface area contributed by atoms with Crippen LogP contribution in [0.3, 0.4) is 0 Å². The van der Waals surface area contributed by atoms with Crippen molar-refractivity contribution in [3.63, 3.8) is 0 Å². The fourth-order valence-corrected chi connectivity index (χ4v) is 3.92. The minimum Gasteiger partial charge on any atom is -0.494 e. The summed E-state index contributed by atoms with van der Waals surface area (Å²) in [7, 11) is 0. The average Bonchev–Trinajstić information content (AvgIpc) is 3.00. The third-order valence-electron chi connectivity index (χ3n) is 4.25. The van der Waals surface area contributed by atoms with Crippen LogP contribution in [0.1, 0.15) is 13.3 Å². The molecule has 144 valence electrons. The molecule has 2 aromatic carbocycles. The maximum Gasteiger partial charge on any atom is 0.246 e. The van der Waals surface area contributed by atoms with E-state index in [-0.39, 0.29) is 24.8 Å². The van der Waals surface area contributed by atoms with Crippen LogP contribution in [0.5, 0.6) is 11.5 Å². The molecule has 0 saturated carbocycles. The second-order valence-corrected chi connectivity index (χ2v) is 7.21. The number of hydrogen-bond acceptors (Lipinski definition) is 6. The number of para-hydroxylation sites is 2. The van der Waals surface area contributed by atoms with Gasteiger partial charge in [-0.25, -0.2) is 4.98 Å². The Labute approximate surface area is 165 Å². The molecule has 1 aromatic heterocycles. The summed E-state index contributed by atoms with van der Waals surface area (Å²) in [6, 6.07) is 12.8. The molecule has 1 N–H and O–H groups in total. The minimum atomic E-state index is -0.311. The van der Waals surface area contributed by atoms with Crippen LogP contribution >= 0.6 is 11.3 Å². The Kier molecular flexibility index (Phi) is 5.12. The van der Waals surface area contributed by atoms with Crippen molar-refractivity contribution < 1.29 is 19.1 Å². The van der Waals surface area contributed by atoms with E-state index in [1.165, 1.54) is 16.2 Å². The third kappa shape index (κ3) is 3.77. The number of nitrogens with zero attached hydrogens (tertiary/aromatic N) is 2.